The van der Waals surface area contributed by atoms with E-state index >= 15 is 0 Å². The quantitative estimate of drug-likeness (QED) is 0.707. The number of hydrogen-bond acceptors (Lipinski definition) is 3. The van der Waals surface area contributed by atoms with Crippen LogP contribution < -0.4 is 10.6 Å². The molecule has 0 spiro atoms. The van der Waals surface area contributed by atoms with Gasteiger partial charge in [0, 0.05) is 48.2 Å². The number of aromatic nitrogens is 1. The minimum absolute atomic E-state index is 0.00119. The van der Waals surface area contributed by atoms with E-state index in [1.54, 1.807) is 0 Å². The summed E-state index contributed by atoms with van der Waals surface area (Å²) in [5.41, 5.74) is 1.63. The first-order valence-electron chi connectivity index (χ1n) is 9.47. The highest BCUT2D eigenvalue weighted by Crippen LogP contribution is 2.19. The van der Waals surface area contributed by atoms with Crippen LogP contribution in [0.4, 0.5) is 0 Å². The normalized spacial score (nSPS) is 19.5. The minimum atomic E-state index is -0.256. The monoisotopic (exact) mass is 366 g/mol. The molecule has 0 saturated carbocycles. The van der Waals surface area contributed by atoms with Gasteiger partial charge >= 0.3 is 0 Å². The number of carbonyl (C=O) groups is 2. The molecule has 1 aliphatic heterocycles. The standard InChI is InChI=1S/C21H26N4O2/c1-3-5-6-11-25-14-17(13-19(25)21(27)22-4-2)24-20(26)16-7-8-18-15(12-16)9-10-23-18/h7-10,12,17,19,23H,3-4,11,13-14H2,1-2H3,(H,22,27)(H,24,26). The summed E-state index contributed by atoms with van der Waals surface area (Å²) in [6.45, 7) is 5.67. The Balaban J connectivity index is 1.68. The number of aromatic amines is 1. The van der Waals surface area contributed by atoms with Crippen LogP contribution in [0.25, 0.3) is 10.9 Å². The zero-order valence-electron chi connectivity index (χ0n) is 15.8. The molecule has 0 radical (unpaired) electrons. The van der Waals surface area contributed by atoms with Gasteiger partial charge in [0.05, 0.1) is 12.6 Å². The lowest BCUT2D eigenvalue weighted by molar-refractivity contribution is -0.125. The molecule has 3 N–H and O–H groups in total. The van der Waals surface area contributed by atoms with E-state index < -0.39 is 0 Å². The molecule has 2 unspecified atom stereocenters. The Labute approximate surface area is 159 Å². The number of benzene rings is 1. The van der Waals surface area contributed by atoms with Gasteiger partial charge in [0.25, 0.3) is 5.91 Å². The van der Waals surface area contributed by atoms with Gasteiger partial charge in [-0.25, -0.2) is 0 Å². The average Bonchev–Trinajstić information content (AvgIpc) is 3.28. The zero-order valence-corrected chi connectivity index (χ0v) is 15.8. The molecule has 6 heteroatoms. The van der Waals surface area contributed by atoms with Crippen LogP contribution in [0, 0.1) is 11.8 Å². The Hall–Kier alpha value is -2.78. The maximum absolute atomic E-state index is 12.7. The third-order valence-electron chi connectivity index (χ3n) is 4.79. The summed E-state index contributed by atoms with van der Waals surface area (Å²) in [5.74, 6) is 6.04. The van der Waals surface area contributed by atoms with E-state index in [0.717, 1.165) is 17.3 Å². The van der Waals surface area contributed by atoms with Crippen molar-refractivity contribution in [2.24, 2.45) is 0 Å². The largest absolute Gasteiger partial charge is 0.361 e. The van der Waals surface area contributed by atoms with Gasteiger partial charge < -0.3 is 15.6 Å². The average molecular weight is 366 g/mol. The van der Waals surface area contributed by atoms with Crippen LogP contribution in [0.3, 0.4) is 0 Å². The number of rotatable bonds is 5. The second-order valence-corrected chi connectivity index (χ2v) is 6.73. The Morgan fingerprint density at radius 3 is 2.89 bits per heavy atom. The van der Waals surface area contributed by atoms with Crippen molar-refractivity contribution in [3.8, 4) is 11.8 Å². The fourth-order valence-corrected chi connectivity index (χ4v) is 3.49. The summed E-state index contributed by atoms with van der Waals surface area (Å²) >= 11 is 0. The summed E-state index contributed by atoms with van der Waals surface area (Å²) in [4.78, 5) is 30.2. The summed E-state index contributed by atoms with van der Waals surface area (Å²) in [6.07, 6.45) is 3.24. The number of likely N-dealkylation sites (N-methyl/N-ethyl adjacent to an activating group) is 1. The van der Waals surface area contributed by atoms with Gasteiger partial charge in [-0.1, -0.05) is 12.8 Å². The molecule has 3 rings (SSSR count). The number of carbonyl (C=O) groups excluding carboxylic acids is 2. The molecule has 2 amide bonds. The lowest BCUT2D eigenvalue weighted by Crippen LogP contribution is -2.43. The molecule has 0 aliphatic carbocycles. The van der Waals surface area contributed by atoms with Crippen LogP contribution in [-0.4, -0.2) is 53.4 Å². The molecule has 142 valence electrons. The molecule has 6 nitrogen and oxygen atoms in total. The van der Waals surface area contributed by atoms with Crippen molar-refractivity contribution in [2.45, 2.75) is 38.8 Å². The molecule has 1 fully saturated rings. The van der Waals surface area contributed by atoms with Crippen molar-refractivity contribution in [2.75, 3.05) is 19.6 Å². The fraction of sp³-hybridized carbons (Fsp3) is 0.429. The van der Waals surface area contributed by atoms with Crippen molar-refractivity contribution in [1.29, 1.82) is 0 Å². The fourth-order valence-electron chi connectivity index (χ4n) is 3.49. The van der Waals surface area contributed by atoms with E-state index in [1.807, 2.05) is 49.2 Å². The van der Waals surface area contributed by atoms with Crippen molar-refractivity contribution in [1.82, 2.24) is 20.5 Å². The molecule has 2 aromatic rings. The molecule has 2 atom stereocenters. The predicted molar refractivity (Wildman–Crippen MR) is 106 cm³/mol. The van der Waals surface area contributed by atoms with Crippen molar-refractivity contribution in [3.05, 3.63) is 36.0 Å². The zero-order chi connectivity index (χ0) is 19.2. The van der Waals surface area contributed by atoms with Crippen LogP contribution in [0.15, 0.2) is 30.5 Å². The first-order chi connectivity index (χ1) is 13.1. The molecule has 2 heterocycles. The van der Waals surface area contributed by atoms with Crippen molar-refractivity contribution < 1.29 is 9.59 Å². The van der Waals surface area contributed by atoms with Gasteiger partial charge in [-0.3, -0.25) is 14.5 Å². The lowest BCUT2D eigenvalue weighted by Gasteiger charge is -2.20. The summed E-state index contributed by atoms with van der Waals surface area (Å²) in [7, 11) is 0. The van der Waals surface area contributed by atoms with Crippen molar-refractivity contribution in [3.63, 3.8) is 0 Å². The number of H-pyrrole nitrogens is 1. The van der Waals surface area contributed by atoms with Gasteiger partial charge in [0.15, 0.2) is 0 Å². The first-order valence-corrected chi connectivity index (χ1v) is 9.47. The number of nitrogens with zero attached hydrogens (tertiary/aromatic N) is 1. The number of likely N-dealkylation sites (tertiary alicyclic amines) is 1. The second kappa shape index (κ2) is 8.74. The summed E-state index contributed by atoms with van der Waals surface area (Å²) in [6, 6.07) is 7.21. The number of nitrogens with one attached hydrogen (secondary N) is 3. The summed E-state index contributed by atoms with van der Waals surface area (Å²) < 4.78 is 0. The van der Waals surface area contributed by atoms with Gasteiger partial charge in [-0.2, -0.15) is 0 Å². The maximum atomic E-state index is 12.7. The van der Waals surface area contributed by atoms with E-state index in [4.69, 9.17) is 0 Å². The Morgan fingerprint density at radius 2 is 2.11 bits per heavy atom. The molecule has 1 aliphatic rings. The van der Waals surface area contributed by atoms with Crippen LogP contribution in [0.5, 0.6) is 0 Å². The Bertz CT molecular complexity index is 877. The SMILES string of the molecule is CCC#CCN1CC(NC(=O)c2ccc3[nH]ccc3c2)CC1C(=O)NCC. The van der Waals surface area contributed by atoms with E-state index in [2.05, 4.69) is 27.5 Å². The third kappa shape index (κ3) is 4.50. The Kier molecular flexibility index (Phi) is 6.15. The number of hydrogen-bond donors (Lipinski definition) is 3. The smallest absolute Gasteiger partial charge is 0.251 e. The highest BCUT2D eigenvalue weighted by atomic mass is 16.2. The molecule has 0 bridgehead atoms. The van der Waals surface area contributed by atoms with Gasteiger partial charge in [0.2, 0.25) is 5.91 Å². The molecule has 1 saturated heterocycles. The van der Waals surface area contributed by atoms with Crippen molar-refractivity contribution >= 4 is 22.7 Å². The van der Waals surface area contributed by atoms with Crippen LogP contribution in [0.2, 0.25) is 0 Å². The van der Waals surface area contributed by atoms with Crippen LogP contribution in [-0.2, 0) is 4.79 Å². The highest BCUT2D eigenvalue weighted by molar-refractivity contribution is 5.98. The second-order valence-electron chi connectivity index (χ2n) is 6.73. The van der Waals surface area contributed by atoms with Gasteiger partial charge in [0.1, 0.15) is 0 Å². The van der Waals surface area contributed by atoms with Crippen LogP contribution >= 0.6 is 0 Å². The molecular weight excluding hydrogens is 340 g/mol. The topological polar surface area (TPSA) is 77.2 Å². The molecule has 1 aromatic heterocycles. The van der Waals surface area contributed by atoms with E-state index in [9.17, 15) is 9.59 Å². The molecule has 27 heavy (non-hydrogen) atoms. The third-order valence-corrected chi connectivity index (χ3v) is 4.79. The highest BCUT2D eigenvalue weighted by Gasteiger charge is 2.36. The van der Waals surface area contributed by atoms with Gasteiger partial charge in [-0.05, 0) is 37.6 Å². The Morgan fingerprint density at radius 1 is 1.26 bits per heavy atom. The first kappa shape index (κ1) is 19.0. The molecular formula is C21H26N4O2. The van der Waals surface area contributed by atoms with Gasteiger partial charge in [-0.15, -0.1) is 5.92 Å². The van der Waals surface area contributed by atoms with E-state index in [-0.39, 0.29) is 23.9 Å². The number of fused-ring (bicyclic) bond motifs is 1. The lowest BCUT2D eigenvalue weighted by atomic mass is 10.1. The van der Waals surface area contributed by atoms with Crippen LogP contribution in [0.1, 0.15) is 37.0 Å². The number of amides is 2. The maximum Gasteiger partial charge on any atom is 0.251 e. The minimum Gasteiger partial charge on any atom is -0.361 e. The summed E-state index contributed by atoms with van der Waals surface area (Å²) in [5, 5.41) is 6.97. The van der Waals surface area contributed by atoms with E-state index in [1.165, 1.54) is 0 Å². The molecule has 1 aromatic carbocycles. The van der Waals surface area contributed by atoms with E-state index in [0.29, 0.717) is 31.6 Å². The predicted octanol–water partition coefficient (Wildman–Crippen LogP) is 1.89.